The lowest BCUT2D eigenvalue weighted by atomic mass is 9.74. The zero-order valence-electron chi connectivity index (χ0n) is 14.2. The summed E-state index contributed by atoms with van der Waals surface area (Å²) in [4.78, 5) is 4.42. The Balaban J connectivity index is 1.65. The summed E-state index contributed by atoms with van der Waals surface area (Å²) in [6.45, 7) is 2.46. The Morgan fingerprint density at radius 2 is 2.12 bits per heavy atom. The van der Waals surface area contributed by atoms with E-state index in [1.54, 1.807) is 4.68 Å². The second-order valence-electron chi connectivity index (χ2n) is 6.62. The molecule has 1 aliphatic heterocycles. The van der Waals surface area contributed by atoms with Gasteiger partial charge in [-0.1, -0.05) is 28.1 Å². The van der Waals surface area contributed by atoms with Gasteiger partial charge in [0.05, 0.1) is 11.6 Å². The van der Waals surface area contributed by atoms with Crippen LogP contribution < -0.4 is 5.32 Å². The van der Waals surface area contributed by atoms with Crippen molar-refractivity contribution < 1.29 is 4.74 Å². The van der Waals surface area contributed by atoms with E-state index in [-0.39, 0.29) is 5.41 Å². The van der Waals surface area contributed by atoms with Crippen molar-refractivity contribution in [1.29, 1.82) is 0 Å². The molecule has 2 aromatic heterocycles. The topological polar surface area (TPSA) is 52.0 Å². The fourth-order valence-electron chi connectivity index (χ4n) is 3.61. The van der Waals surface area contributed by atoms with Crippen molar-refractivity contribution in [1.82, 2.24) is 14.8 Å². The summed E-state index contributed by atoms with van der Waals surface area (Å²) in [5.74, 6) is 0. The van der Waals surface area contributed by atoms with Crippen LogP contribution >= 0.6 is 15.9 Å². The predicted molar refractivity (Wildman–Crippen MR) is 103 cm³/mol. The average molecular weight is 401 g/mol. The Hall–Kier alpha value is -1.92. The molecule has 1 fully saturated rings. The average Bonchev–Trinajstić information content (AvgIpc) is 3.03. The van der Waals surface area contributed by atoms with E-state index < -0.39 is 0 Å². The molecule has 0 spiro atoms. The molecule has 1 aliphatic rings. The molecule has 0 atom stereocenters. The molecule has 4 rings (SSSR count). The molecule has 0 aliphatic carbocycles. The summed E-state index contributed by atoms with van der Waals surface area (Å²) in [6, 6.07) is 10.7. The second-order valence-corrected chi connectivity index (χ2v) is 7.54. The number of hydrogen-bond donors (Lipinski definition) is 1. The number of nitrogens with one attached hydrogen (secondary N) is 1. The maximum absolute atomic E-state index is 5.64. The van der Waals surface area contributed by atoms with Gasteiger partial charge in [0.1, 0.15) is 0 Å². The van der Waals surface area contributed by atoms with Gasteiger partial charge in [0, 0.05) is 48.6 Å². The molecule has 0 amide bonds. The monoisotopic (exact) mass is 400 g/mol. The van der Waals surface area contributed by atoms with Crippen molar-refractivity contribution in [2.24, 2.45) is 7.05 Å². The summed E-state index contributed by atoms with van der Waals surface area (Å²) in [7, 11) is 1.92. The van der Waals surface area contributed by atoms with Crippen LogP contribution in [0.3, 0.4) is 0 Å². The Kier molecular flexibility index (Phi) is 4.48. The maximum atomic E-state index is 5.64. The van der Waals surface area contributed by atoms with Crippen LogP contribution in [0.25, 0.3) is 11.0 Å². The van der Waals surface area contributed by atoms with Crippen LogP contribution in [-0.4, -0.2) is 34.5 Å². The van der Waals surface area contributed by atoms with Crippen LogP contribution in [0, 0.1) is 0 Å². The first kappa shape index (κ1) is 16.5. The van der Waals surface area contributed by atoms with Crippen molar-refractivity contribution in [3.05, 3.63) is 52.8 Å². The molecule has 0 radical (unpaired) electrons. The number of anilines is 1. The van der Waals surface area contributed by atoms with Crippen LogP contribution in [0.5, 0.6) is 0 Å². The molecule has 0 unspecified atom stereocenters. The molecule has 1 N–H and O–H groups in total. The van der Waals surface area contributed by atoms with E-state index in [1.807, 2.05) is 25.5 Å². The fourth-order valence-corrected chi connectivity index (χ4v) is 4.01. The van der Waals surface area contributed by atoms with Gasteiger partial charge in [0.15, 0.2) is 5.65 Å². The molecule has 25 heavy (non-hydrogen) atoms. The quantitative estimate of drug-likeness (QED) is 0.721. The number of halogens is 1. The number of ether oxygens (including phenoxy) is 1. The van der Waals surface area contributed by atoms with Crippen LogP contribution in [0.15, 0.2) is 47.2 Å². The Morgan fingerprint density at radius 1 is 1.28 bits per heavy atom. The third kappa shape index (κ3) is 3.16. The SMILES string of the molecule is Cn1ncc2c(NCC3(c4cccc(Br)c4)CCOCC3)ccnc21. The molecule has 1 aromatic carbocycles. The third-order valence-corrected chi connectivity index (χ3v) is 5.63. The highest BCUT2D eigenvalue weighted by atomic mass is 79.9. The highest BCUT2D eigenvalue weighted by molar-refractivity contribution is 9.10. The molecule has 3 heterocycles. The van der Waals surface area contributed by atoms with E-state index in [4.69, 9.17) is 4.74 Å². The predicted octanol–water partition coefficient (Wildman–Crippen LogP) is 3.89. The minimum atomic E-state index is 0.0693. The Bertz CT molecular complexity index is 886. The standard InChI is InChI=1S/C19H21BrN4O/c1-24-18-16(12-23-24)17(5-8-21-18)22-13-19(6-9-25-10-7-19)14-3-2-4-15(20)11-14/h2-5,8,11-12H,6-7,9-10,13H2,1H3,(H,21,22). The van der Waals surface area contributed by atoms with Gasteiger partial charge in [-0.3, -0.25) is 4.68 Å². The summed E-state index contributed by atoms with van der Waals surface area (Å²) in [5, 5.41) is 9.05. The van der Waals surface area contributed by atoms with Gasteiger partial charge >= 0.3 is 0 Å². The number of pyridine rings is 1. The molecular weight excluding hydrogens is 380 g/mol. The minimum Gasteiger partial charge on any atom is -0.383 e. The number of benzene rings is 1. The molecule has 3 aromatic rings. The molecule has 130 valence electrons. The van der Waals surface area contributed by atoms with Gasteiger partial charge in [-0.05, 0) is 36.6 Å². The fraction of sp³-hybridized carbons (Fsp3) is 0.368. The minimum absolute atomic E-state index is 0.0693. The number of rotatable bonds is 4. The molecule has 0 saturated carbocycles. The van der Waals surface area contributed by atoms with Gasteiger partial charge in [0.25, 0.3) is 0 Å². The highest BCUT2D eigenvalue weighted by Gasteiger charge is 2.34. The highest BCUT2D eigenvalue weighted by Crippen LogP contribution is 2.36. The summed E-state index contributed by atoms with van der Waals surface area (Å²) >= 11 is 3.61. The number of fused-ring (bicyclic) bond motifs is 1. The number of aromatic nitrogens is 3. The normalized spacial score (nSPS) is 16.9. The van der Waals surface area contributed by atoms with E-state index in [0.717, 1.165) is 53.8 Å². The van der Waals surface area contributed by atoms with Crippen LogP contribution in [0.2, 0.25) is 0 Å². The molecular formula is C19H21BrN4O. The molecule has 0 bridgehead atoms. The maximum Gasteiger partial charge on any atom is 0.159 e. The zero-order valence-corrected chi connectivity index (χ0v) is 15.8. The van der Waals surface area contributed by atoms with Crippen LogP contribution in [0.4, 0.5) is 5.69 Å². The van der Waals surface area contributed by atoms with Gasteiger partial charge in [-0.2, -0.15) is 5.10 Å². The van der Waals surface area contributed by atoms with E-state index in [2.05, 4.69) is 55.6 Å². The smallest absolute Gasteiger partial charge is 0.159 e. The van der Waals surface area contributed by atoms with Crippen LogP contribution in [-0.2, 0) is 17.2 Å². The van der Waals surface area contributed by atoms with E-state index >= 15 is 0 Å². The number of aryl methyl sites for hydroxylation is 1. The van der Waals surface area contributed by atoms with Crippen molar-refractivity contribution in [3.8, 4) is 0 Å². The first-order chi connectivity index (χ1) is 12.2. The van der Waals surface area contributed by atoms with Gasteiger partial charge in [-0.25, -0.2) is 4.98 Å². The Morgan fingerprint density at radius 3 is 2.92 bits per heavy atom. The lowest BCUT2D eigenvalue weighted by Crippen LogP contribution is -2.40. The summed E-state index contributed by atoms with van der Waals surface area (Å²) < 4.78 is 8.56. The molecule has 5 nitrogen and oxygen atoms in total. The second kappa shape index (κ2) is 6.77. The van der Waals surface area contributed by atoms with Gasteiger partial charge < -0.3 is 10.1 Å². The zero-order chi connectivity index (χ0) is 17.3. The first-order valence-corrected chi connectivity index (χ1v) is 9.32. The lowest BCUT2D eigenvalue weighted by Gasteiger charge is -2.38. The van der Waals surface area contributed by atoms with E-state index in [0.29, 0.717) is 0 Å². The molecule has 1 saturated heterocycles. The molecule has 6 heteroatoms. The summed E-state index contributed by atoms with van der Waals surface area (Å²) in [5.41, 5.74) is 3.40. The van der Waals surface area contributed by atoms with Crippen molar-refractivity contribution in [2.75, 3.05) is 25.1 Å². The lowest BCUT2D eigenvalue weighted by molar-refractivity contribution is 0.0544. The Labute approximate surface area is 155 Å². The number of hydrogen-bond acceptors (Lipinski definition) is 4. The van der Waals surface area contributed by atoms with E-state index in [1.165, 1.54) is 5.56 Å². The summed E-state index contributed by atoms with van der Waals surface area (Å²) in [6.07, 6.45) is 5.73. The van der Waals surface area contributed by atoms with E-state index in [9.17, 15) is 0 Å². The third-order valence-electron chi connectivity index (χ3n) is 5.14. The number of nitrogens with zero attached hydrogens (tertiary/aromatic N) is 3. The van der Waals surface area contributed by atoms with Crippen molar-refractivity contribution in [3.63, 3.8) is 0 Å². The first-order valence-electron chi connectivity index (χ1n) is 8.52. The van der Waals surface area contributed by atoms with Crippen molar-refractivity contribution >= 4 is 32.7 Å². The van der Waals surface area contributed by atoms with Gasteiger partial charge in [-0.15, -0.1) is 0 Å². The van der Waals surface area contributed by atoms with Crippen molar-refractivity contribution in [2.45, 2.75) is 18.3 Å². The van der Waals surface area contributed by atoms with Crippen LogP contribution in [0.1, 0.15) is 18.4 Å². The van der Waals surface area contributed by atoms with Gasteiger partial charge in [0.2, 0.25) is 0 Å². The largest absolute Gasteiger partial charge is 0.383 e.